The molecule has 0 atom stereocenters. The fraction of sp³-hybridized carbons (Fsp3) is 0.526. The molecule has 160 valence electrons. The van der Waals surface area contributed by atoms with Crippen molar-refractivity contribution in [2.45, 2.75) is 42.9 Å². The molecular weight excluding hydrogens is 412 g/mol. The molecule has 0 amide bonds. The minimum Gasteiger partial charge on any atom is -0.272 e. The van der Waals surface area contributed by atoms with Crippen molar-refractivity contribution in [3.8, 4) is 0 Å². The van der Waals surface area contributed by atoms with E-state index >= 15 is 0 Å². The summed E-state index contributed by atoms with van der Waals surface area (Å²) in [5, 5.41) is 4.00. The van der Waals surface area contributed by atoms with Crippen LogP contribution in [0.25, 0.3) is 0 Å². The summed E-state index contributed by atoms with van der Waals surface area (Å²) in [4.78, 5) is 0.413. The lowest BCUT2D eigenvalue weighted by Crippen LogP contribution is -2.50. The van der Waals surface area contributed by atoms with Crippen molar-refractivity contribution in [2.75, 3.05) is 26.2 Å². The smallest absolute Gasteiger partial charge is 0.246 e. The van der Waals surface area contributed by atoms with E-state index in [1.54, 1.807) is 26.1 Å². The molecule has 1 aliphatic heterocycles. The summed E-state index contributed by atoms with van der Waals surface area (Å²) in [6.07, 6.45) is 4.43. The van der Waals surface area contributed by atoms with Gasteiger partial charge in [-0.3, -0.25) is 4.68 Å². The van der Waals surface area contributed by atoms with Crippen LogP contribution in [0.4, 0.5) is 0 Å². The molecule has 2 aromatic rings. The highest BCUT2D eigenvalue weighted by Gasteiger charge is 2.35. The Morgan fingerprint density at radius 3 is 1.97 bits per heavy atom. The predicted octanol–water partition coefficient (Wildman–Crippen LogP) is 1.77. The summed E-state index contributed by atoms with van der Waals surface area (Å²) < 4.78 is 55.8. The molecule has 1 aromatic heterocycles. The molecule has 1 fully saturated rings. The molecule has 29 heavy (non-hydrogen) atoms. The van der Waals surface area contributed by atoms with Gasteiger partial charge in [0.25, 0.3) is 0 Å². The maximum atomic E-state index is 12.9. The number of hydrogen-bond donors (Lipinski definition) is 0. The Morgan fingerprint density at radius 2 is 1.48 bits per heavy atom. The van der Waals surface area contributed by atoms with Gasteiger partial charge in [0.1, 0.15) is 4.90 Å². The molecule has 0 spiro atoms. The van der Waals surface area contributed by atoms with Crippen LogP contribution < -0.4 is 0 Å². The van der Waals surface area contributed by atoms with E-state index in [0.717, 1.165) is 24.8 Å². The monoisotopic (exact) mass is 440 g/mol. The SMILES string of the molecule is CCCCc1ccc(S(=O)(=O)N2CCN(S(=O)(=O)c3cnn(C)c3C)CC2)cc1. The summed E-state index contributed by atoms with van der Waals surface area (Å²) in [6.45, 7) is 4.30. The number of benzene rings is 1. The molecule has 0 bridgehead atoms. The molecule has 10 heteroatoms. The van der Waals surface area contributed by atoms with E-state index in [1.807, 2.05) is 12.1 Å². The zero-order valence-corrected chi connectivity index (χ0v) is 18.7. The summed E-state index contributed by atoms with van der Waals surface area (Å²) in [7, 11) is -5.65. The summed E-state index contributed by atoms with van der Waals surface area (Å²) in [6, 6.07) is 6.99. The standard InChI is InChI=1S/C19H28N4O4S2/c1-4-5-6-17-7-9-18(10-8-17)28(24,25)22-11-13-23(14-12-22)29(26,27)19-15-20-21(3)16(19)2/h7-10,15H,4-6,11-14H2,1-3H3. The van der Waals surface area contributed by atoms with E-state index in [1.165, 1.54) is 19.5 Å². The fourth-order valence-corrected chi connectivity index (χ4v) is 6.41. The highest BCUT2D eigenvalue weighted by Crippen LogP contribution is 2.23. The van der Waals surface area contributed by atoms with Crippen LogP contribution in [0.2, 0.25) is 0 Å². The van der Waals surface area contributed by atoms with Crippen LogP contribution in [0.3, 0.4) is 0 Å². The van der Waals surface area contributed by atoms with Gasteiger partial charge in [0.2, 0.25) is 20.0 Å². The number of sulfonamides is 2. The highest BCUT2D eigenvalue weighted by atomic mass is 32.2. The number of unbranched alkanes of at least 4 members (excludes halogenated alkanes) is 1. The van der Waals surface area contributed by atoms with Gasteiger partial charge in [-0.15, -0.1) is 0 Å². The van der Waals surface area contributed by atoms with Crippen molar-refractivity contribution < 1.29 is 16.8 Å². The van der Waals surface area contributed by atoms with E-state index in [0.29, 0.717) is 5.69 Å². The van der Waals surface area contributed by atoms with Gasteiger partial charge >= 0.3 is 0 Å². The molecule has 1 aliphatic rings. The van der Waals surface area contributed by atoms with Crippen LogP contribution in [0.15, 0.2) is 40.3 Å². The van der Waals surface area contributed by atoms with Crippen molar-refractivity contribution in [1.82, 2.24) is 18.4 Å². The topological polar surface area (TPSA) is 92.6 Å². The molecule has 1 saturated heterocycles. The normalized spacial score (nSPS) is 16.9. The second-order valence-electron chi connectivity index (χ2n) is 7.27. The first-order valence-electron chi connectivity index (χ1n) is 9.75. The van der Waals surface area contributed by atoms with E-state index in [9.17, 15) is 16.8 Å². The number of rotatable bonds is 7. The Bertz CT molecular complexity index is 1050. The largest absolute Gasteiger partial charge is 0.272 e. The Hall–Kier alpha value is -1.75. The predicted molar refractivity (Wildman–Crippen MR) is 111 cm³/mol. The van der Waals surface area contributed by atoms with E-state index < -0.39 is 20.0 Å². The van der Waals surface area contributed by atoms with Gasteiger partial charge in [0, 0.05) is 33.2 Å². The molecule has 0 aliphatic carbocycles. The van der Waals surface area contributed by atoms with Crippen molar-refractivity contribution in [3.63, 3.8) is 0 Å². The van der Waals surface area contributed by atoms with Gasteiger partial charge in [0.05, 0.1) is 16.8 Å². The first kappa shape index (κ1) is 21.9. The van der Waals surface area contributed by atoms with Gasteiger partial charge in [-0.25, -0.2) is 16.8 Å². The van der Waals surface area contributed by atoms with Crippen molar-refractivity contribution >= 4 is 20.0 Å². The van der Waals surface area contributed by atoms with Crippen LogP contribution in [0.1, 0.15) is 31.0 Å². The minimum atomic E-state index is -3.69. The molecule has 1 aromatic carbocycles. The molecule has 0 saturated carbocycles. The van der Waals surface area contributed by atoms with E-state index in [-0.39, 0.29) is 36.0 Å². The van der Waals surface area contributed by atoms with Crippen molar-refractivity contribution in [2.24, 2.45) is 7.05 Å². The number of piperazine rings is 1. The van der Waals surface area contributed by atoms with Crippen molar-refractivity contribution in [3.05, 3.63) is 41.7 Å². The first-order chi connectivity index (χ1) is 13.7. The number of aryl methyl sites for hydroxylation is 2. The highest BCUT2D eigenvalue weighted by molar-refractivity contribution is 7.89. The Kier molecular flexibility index (Phi) is 6.47. The quantitative estimate of drug-likeness (QED) is 0.654. The van der Waals surface area contributed by atoms with Crippen LogP contribution in [0.5, 0.6) is 0 Å². The second-order valence-corrected chi connectivity index (χ2v) is 11.1. The van der Waals surface area contributed by atoms with Crippen LogP contribution in [0, 0.1) is 6.92 Å². The summed E-state index contributed by atoms with van der Waals surface area (Å²) >= 11 is 0. The maximum Gasteiger partial charge on any atom is 0.246 e. The molecule has 0 N–H and O–H groups in total. The minimum absolute atomic E-state index is 0.116. The maximum absolute atomic E-state index is 12.9. The third-order valence-electron chi connectivity index (χ3n) is 5.39. The molecular formula is C19H28N4O4S2. The Morgan fingerprint density at radius 1 is 0.931 bits per heavy atom. The lowest BCUT2D eigenvalue weighted by Gasteiger charge is -2.33. The van der Waals surface area contributed by atoms with E-state index in [2.05, 4.69) is 12.0 Å². The second kappa shape index (κ2) is 8.55. The molecule has 3 rings (SSSR count). The fourth-order valence-electron chi connectivity index (χ4n) is 3.38. The number of nitrogens with zero attached hydrogens (tertiary/aromatic N) is 4. The average Bonchev–Trinajstić information content (AvgIpc) is 3.06. The Balaban J connectivity index is 1.70. The van der Waals surface area contributed by atoms with E-state index in [4.69, 9.17) is 0 Å². The van der Waals surface area contributed by atoms with Gasteiger partial charge < -0.3 is 0 Å². The third-order valence-corrected chi connectivity index (χ3v) is 9.30. The van der Waals surface area contributed by atoms with Crippen LogP contribution >= 0.6 is 0 Å². The van der Waals surface area contributed by atoms with Gasteiger partial charge in [-0.05, 0) is 37.5 Å². The molecule has 0 radical (unpaired) electrons. The molecule has 2 heterocycles. The molecule has 0 unspecified atom stereocenters. The Labute approximate surface area is 173 Å². The van der Waals surface area contributed by atoms with Gasteiger partial charge in [-0.2, -0.15) is 13.7 Å². The van der Waals surface area contributed by atoms with Crippen LogP contribution in [-0.2, 0) is 33.5 Å². The van der Waals surface area contributed by atoms with Gasteiger partial charge in [0.15, 0.2) is 0 Å². The summed E-state index contributed by atoms with van der Waals surface area (Å²) in [5.41, 5.74) is 1.68. The summed E-state index contributed by atoms with van der Waals surface area (Å²) in [5.74, 6) is 0. The van der Waals surface area contributed by atoms with Crippen LogP contribution in [-0.4, -0.2) is 61.4 Å². The van der Waals surface area contributed by atoms with Gasteiger partial charge in [-0.1, -0.05) is 25.5 Å². The average molecular weight is 441 g/mol. The first-order valence-corrected chi connectivity index (χ1v) is 12.6. The van der Waals surface area contributed by atoms with Crippen molar-refractivity contribution in [1.29, 1.82) is 0 Å². The lowest BCUT2D eigenvalue weighted by atomic mass is 10.1. The molecule has 8 nitrogen and oxygen atoms in total. The third kappa shape index (κ3) is 4.40. The lowest BCUT2D eigenvalue weighted by molar-refractivity contribution is 0.272. The number of aromatic nitrogens is 2. The zero-order valence-electron chi connectivity index (χ0n) is 17.1. The number of hydrogen-bond acceptors (Lipinski definition) is 5. The zero-order chi connectivity index (χ0) is 21.2.